The zero-order valence-corrected chi connectivity index (χ0v) is 11.0. The Kier molecular flexibility index (Phi) is 3.34. The third-order valence-corrected chi connectivity index (χ3v) is 3.03. The summed E-state index contributed by atoms with van der Waals surface area (Å²) in [6, 6.07) is 3.31. The molecule has 0 amide bonds. The molecule has 6 heteroatoms. The third kappa shape index (κ3) is 1.97. The summed E-state index contributed by atoms with van der Waals surface area (Å²) in [4.78, 5) is 0. The van der Waals surface area contributed by atoms with Gasteiger partial charge in [-0.1, -0.05) is 16.8 Å². The highest BCUT2D eigenvalue weighted by Crippen LogP contribution is 2.44. The first kappa shape index (κ1) is 12.6. The van der Waals surface area contributed by atoms with Crippen LogP contribution in [0.3, 0.4) is 0 Å². The topological polar surface area (TPSA) is 70.5 Å². The quantitative estimate of drug-likeness (QED) is 0.927. The van der Waals surface area contributed by atoms with Gasteiger partial charge in [0.1, 0.15) is 0 Å². The van der Waals surface area contributed by atoms with E-state index in [4.69, 9.17) is 31.3 Å². The molecule has 0 bridgehead atoms. The normalized spacial score (nSPS) is 10.4. The van der Waals surface area contributed by atoms with Gasteiger partial charge in [0, 0.05) is 17.2 Å². The molecule has 0 saturated heterocycles. The smallest absolute Gasteiger partial charge is 0.173 e. The molecule has 0 aliphatic carbocycles. The Labute approximate surface area is 109 Å². The minimum atomic E-state index is 0.297. The molecule has 96 valence electrons. The lowest BCUT2D eigenvalue weighted by atomic mass is 10.0. The van der Waals surface area contributed by atoms with Crippen LogP contribution in [-0.2, 0) is 0 Å². The molecule has 0 atom stereocenters. The molecule has 1 aromatic heterocycles. The fraction of sp³-hybridized carbons (Fsp3) is 0.250. The van der Waals surface area contributed by atoms with E-state index in [9.17, 15) is 0 Å². The maximum absolute atomic E-state index is 6.15. The minimum Gasteiger partial charge on any atom is -0.493 e. The van der Waals surface area contributed by atoms with Crippen molar-refractivity contribution in [1.82, 2.24) is 5.16 Å². The molecule has 18 heavy (non-hydrogen) atoms. The monoisotopic (exact) mass is 268 g/mol. The van der Waals surface area contributed by atoms with Crippen molar-refractivity contribution in [3.05, 3.63) is 22.7 Å². The van der Waals surface area contributed by atoms with Crippen molar-refractivity contribution in [2.45, 2.75) is 6.92 Å². The molecule has 0 spiro atoms. The van der Waals surface area contributed by atoms with Crippen molar-refractivity contribution in [2.24, 2.45) is 0 Å². The largest absolute Gasteiger partial charge is 0.493 e. The molecular weight excluding hydrogens is 256 g/mol. The van der Waals surface area contributed by atoms with E-state index in [2.05, 4.69) is 5.16 Å². The summed E-state index contributed by atoms with van der Waals surface area (Å²) in [5.41, 5.74) is 7.05. The van der Waals surface area contributed by atoms with Crippen LogP contribution in [0.4, 0.5) is 5.82 Å². The van der Waals surface area contributed by atoms with Crippen molar-refractivity contribution >= 4 is 17.4 Å². The maximum atomic E-state index is 6.15. The number of nitrogens with zero attached hydrogens (tertiary/aromatic N) is 1. The second kappa shape index (κ2) is 4.78. The van der Waals surface area contributed by atoms with Gasteiger partial charge in [-0.05, 0) is 12.5 Å². The number of methoxy groups -OCH3 is 2. The number of ether oxygens (including phenoxy) is 2. The van der Waals surface area contributed by atoms with Gasteiger partial charge in [-0.3, -0.25) is 0 Å². The van der Waals surface area contributed by atoms with E-state index in [1.54, 1.807) is 26.4 Å². The molecule has 2 N–H and O–H groups in total. The van der Waals surface area contributed by atoms with Gasteiger partial charge in [0.2, 0.25) is 0 Å². The first-order valence-electron chi connectivity index (χ1n) is 5.22. The number of nitrogens with two attached hydrogens (primary N) is 1. The van der Waals surface area contributed by atoms with Gasteiger partial charge in [0.25, 0.3) is 0 Å². The molecule has 2 aromatic rings. The van der Waals surface area contributed by atoms with E-state index in [1.165, 1.54) is 0 Å². The zero-order valence-electron chi connectivity index (χ0n) is 10.3. The van der Waals surface area contributed by atoms with Crippen molar-refractivity contribution in [3.8, 4) is 22.8 Å². The third-order valence-electron chi connectivity index (χ3n) is 2.64. The van der Waals surface area contributed by atoms with Crippen LogP contribution in [-0.4, -0.2) is 19.4 Å². The van der Waals surface area contributed by atoms with Gasteiger partial charge in [-0.15, -0.1) is 0 Å². The number of benzene rings is 1. The number of hydrogen-bond donors (Lipinski definition) is 1. The average Bonchev–Trinajstić information content (AvgIpc) is 2.78. The van der Waals surface area contributed by atoms with E-state index >= 15 is 0 Å². The molecule has 1 heterocycles. The number of anilines is 1. The van der Waals surface area contributed by atoms with Crippen LogP contribution in [0.2, 0.25) is 5.02 Å². The predicted molar refractivity (Wildman–Crippen MR) is 69.2 cm³/mol. The Hall–Kier alpha value is -1.88. The highest BCUT2D eigenvalue weighted by molar-refractivity contribution is 6.32. The van der Waals surface area contributed by atoms with E-state index in [-0.39, 0.29) is 0 Å². The lowest BCUT2D eigenvalue weighted by molar-refractivity contribution is 0.353. The van der Waals surface area contributed by atoms with E-state index in [0.29, 0.717) is 33.7 Å². The van der Waals surface area contributed by atoms with Gasteiger partial charge in [-0.25, -0.2) is 0 Å². The van der Waals surface area contributed by atoms with Crippen LogP contribution in [0.25, 0.3) is 11.3 Å². The van der Waals surface area contributed by atoms with E-state index in [0.717, 1.165) is 5.56 Å². The average molecular weight is 269 g/mol. The molecule has 5 nitrogen and oxygen atoms in total. The maximum Gasteiger partial charge on any atom is 0.173 e. The molecule has 0 radical (unpaired) electrons. The molecule has 0 saturated carbocycles. The summed E-state index contributed by atoms with van der Waals surface area (Å²) < 4.78 is 15.8. The van der Waals surface area contributed by atoms with E-state index in [1.807, 2.05) is 6.92 Å². The van der Waals surface area contributed by atoms with Crippen LogP contribution < -0.4 is 15.2 Å². The second-order valence-corrected chi connectivity index (χ2v) is 4.12. The molecular formula is C12H13ClN2O3. The molecule has 0 fully saturated rings. The number of nitrogen functional groups attached to an aromatic ring is 1. The second-order valence-electron chi connectivity index (χ2n) is 3.71. The SMILES string of the molecule is COc1cc(Cl)c(C)c(-c2cc(N)no2)c1OC. The van der Waals surface area contributed by atoms with Crippen LogP contribution in [0.5, 0.6) is 11.5 Å². The van der Waals surface area contributed by atoms with Crippen molar-refractivity contribution < 1.29 is 14.0 Å². The summed E-state index contributed by atoms with van der Waals surface area (Å²) >= 11 is 6.15. The number of aromatic nitrogens is 1. The standard InChI is InChI=1S/C12H13ClN2O3/c1-6-7(13)4-9(16-2)12(17-3)11(6)8-5-10(14)15-18-8/h4-5H,1-3H3,(H2,14,15). The highest BCUT2D eigenvalue weighted by Gasteiger charge is 2.20. The summed E-state index contributed by atoms with van der Waals surface area (Å²) in [6.07, 6.45) is 0. The first-order chi connectivity index (χ1) is 8.58. The van der Waals surface area contributed by atoms with Gasteiger partial charge >= 0.3 is 0 Å². The van der Waals surface area contributed by atoms with Crippen molar-refractivity contribution in [3.63, 3.8) is 0 Å². The van der Waals surface area contributed by atoms with Crippen LogP contribution in [0.1, 0.15) is 5.56 Å². The Morgan fingerprint density at radius 2 is 2.00 bits per heavy atom. The van der Waals surface area contributed by atoms with Crippen molar-refractivity contribution in [2.75, 3.05) is 20.0 Å². The van der Waals surface area contributed by atoms with Gasteiger partial charge in [0.05, 0.1) is 19.8 Å². The number of rotatable bonds is 3. The number of halogens is 1. The van der Waals surface area contributed by atoms with Crippen molar-refractivity contribution in [1.29, 1.82) is 0 Å². The van der Waals surface area contributed by atoms with Gasteiger partial charge in [0.15, 0.2) is 23.1 Å². The molecule has 1 aromatic carbocycles. The summed E-state index contributed by atoms with van der Waals surface area (Å²) in [5.74, 6) is 1.85. The van der Waals surface area contributed by atoms with Gasteiger partial charge < -0.3 is 19.7 Å². The molecule has 0 aliphatic heterocycles. The minimum absolute atomic E-state index is 0.297. The molecule has 0 aliphatic rings. The number of hydrogen-bond acceptors (Lipinski definition) is 5. The Morgan fingerprint density at radius 1 is 1.28 bits per heavy atom. The fourth-order valence-corrected chi connectivity index (χ4v) is 1.95. The summed E-state index contributed by atoms with van der Waals surface area (Å²) in [6.45, 7) is 1.86. The van der Waals surface area contributed by atoms with Crippen LogP contribution in [0, 0.1) is 6.92 Å². The highest BCUT2D eigenvalue weighted by atomic mass is 35.5. The summed E-state index contributed by atoms with van der Waals surface area (Å²) in [7, 11) is 3.09. The first-order valence-corrected chi connectivity index (χ1v) is 5.60. The Bertz CT molecular complexity index is 581. The van der Waals surface area contributed by atoms with Crippen LogP contribution >= 0.6 is 11.6 Å². The fourth-order valence-electron chi connectivity index (χ4n) is 1.76. The summed E-state index contributed by atoms with van der Waals surface area (Å²) in [5, 5.41) is 4.21. The van der Waals surface area contributed by atoms with Gasteiger partial charge in [-0.2, -0.15) is 0 Å². The van der Waals surface area contributed by atoms with Crippen LogP contribution in [0.15, 0.2) is 16.7 Å². The van der Waals surface area contributed by atoms with E-state index < -0.39 is 0 Å². The molecule has 0 unspecified atom stereocenters. The zero-order chi connectivity index (χ0) is 13.3. The lowest BCUT2D eigenvalue weighted by Crippen LogP contribution is -1.96. The predicted octanol–water partition coefficient (Wildman–Crippen LogP) is 2.90. The Balaban J connectivity index is 2.74. The molecule has 2 rings (SSSR count). The Morgan fingerprint density at radius 3 is 2.50 bits per heavy atom. The lowest BCUT2D eigenvalue weighted by Gasteiger charge is -2.14.